The summed E-state index contributed by atoms with van der Waals surface area (Å²) >= 11 is 2.04. The minimum absolute atomic E-state index is 0. The third kappa shape index (κ3) is 10.1. The van der Waals surface area contributed by atoms with Crippen LogP contribution in [0.2, 0.25) is 0 Å². The highest BCUT2D eigenvalue weighted by Gasteiger charge is 2.14. The van der Waals surface area contributed by atoms with Crippen molar-refractivity contribution in [1.82, 2.24) is 10.6 Å². The Bertz CT molecular complexity index is 252. The quantitative estimate of drug-likeness (QED) is 0.259. The van der Waals surface area contributed by atoms with E-state index in [9.17, 15) is 0 Å². The van der Waals surface area contributed by atoms with Gasteiger partial charge >= 0.3 is 0 Å². The van der Waals surface area contributed by atoms with Gasteiger partial charge in [0.2, 0.25) is 0 Å². The first-order valence-electron chi connectivity index (χ1n) is 7.07. The molecule has 2 N–H and O–H groups in total. The normalized spacial score (nSPS) is 18.7. The zero-order valence-corrected chi connectivity index (χ0v) is 15.7. The SMILES string of the molecule is CCNC(=NCC1CCCS1)NCCOCCOC.I. The van der Waals surface area contributed by atoms with Crippen LogP contribution in [-0.2, 0) is 9.47 Å². The molecule has 0 saturated carbocycles. The maximum absolute atomic E-state index is 5.41. The van der Waals surface area contributed by atoms with Crippen molar-refractivity contribution in [2.24, 2.45) is 4.99 Å². The first-order valence-corrected chi connectivity index (χ1v) is 8.12. The maximum Gasteiger partial charge on any atom is 0.191 e. The van der Waals surface area contributed by atoms with Crippen molar-refractivity contribution in [2.75, 3.05) is 52.3 Å². The Morgan fingerprint density at radius 2 is 2.15 bits per heavy atom. The Balaban J connectivity index is 0.00000361. The molecule has 1 aliphatic rings. The summed E-state index contributed by atoms with van der Waals surface area (Å²) in [6.45, 7) is 6.60. The second-order valence-corrected chi connectivity index (χ2v) is 5.79. The van der Waals surface area contributed by atoms with Crippen molar-refractivity contribution in [3.63, 3.8) is 0 Å². The highest BCUT2D eigenvalue weighted by molar-refractivity contribution is 14.0. The second-order valence-electron chi connectivity index (χ2n) is 4.39. The monoisotopic (exact) mass is 417 g/mol. The van der Waals surface area contributed by atoms with E-state index in [1.807, 2.05) is 11.8 Å². The molecule has 0 aromatic heterocycles. The van der Waals surface area contributed by atoms with Gasteiger partial charge in [-0.25, -0.2) is 0 Å². The van der Waals surface area contributed by atoms with Gasteiger partial charge in [-0.3, -0.25) is 4.99 Å². The molecule has 0 amide bonds. The van der Waals surface area contributed by atoms with Crippen LogP contribution in [0.5, 0.6) is 0 Å². The van der Waals surface area contributed by atoms with Crippen LogP contribution < -0.4 is 10.6 Å². The summed E-state index contributed by atoms with van der Waals surface area (Å²) in [6.07, 6.45) is 2.63. The van der Waals surface area contributed by atoms with E-state index in [2.05, 4.69) is 22.5 Å². The number of hydrogen-bond donors (Lipinski definition) is 2. The van der Waals surface area contributed by atoms with Crippen molar-refractivity contribution >= 4 is 41.7 Å². The van der Waals surface area contributed by atoms with E-state index in [-0.39, 0.29) is 24.0 Å². The van der Waals surface area contributed by atoms with Gasteiger partial charge in [0.25, 0.3) is 0 Å². The molecule has 1 fully saturated rings. The third-order valence-corrected chi connectivity index (χ3v) is 4.17. The molecule has 1 atom stereocenters. The molecule has 120 valence electrons. The van der Waals surface area contributed by atoms with Crippen molar-refractivity contribution in [3.05, 3.63) is 0 Å². The van der Waals surface area contributed by atoms with Gasteiger partial charge in [0.1, 0.15) is 0 Å². The molecule has 0 bridgehead atoms. The van der Waals surface area contributed by atoms with Crippen LogP contribution in [0.3, 0.4) is 0 Å². The molecule has 0 aromatic carbocycles. The van der Waals surface area contributed by atoms with Gasteiger partial charge in [-0.1, -0.05) is 0 Å². The molecule has 0 radical (unpaired) electrons. The molecule has 5 nitrogen and oxygen atoms in total. The van der Waals surface area contributed by atoms with E-state index < -0.39 is 0 Å². The van der Waals surface area contributed by atoms with Crippen LogP contribution in [0.1, 0.15) is 19.8 Å². The molecule has 20 heavy (non-hydrogen) atoms. The summed E-state index contributed by atoms with van der Waals surface area (Å²) in [5.41, 5.74) is 0. The van der Waals surface area contributed by atoms with Crippen LogP contribution in [-0.4, -0.2) is 63.5 Å². The average Bonchev–Trinajstić information content (AvgIpc) is 2.93. The Kier molecular flexibility index (Phi) is 14.4. The molecule has 1 aliphatic heterocycles. The fourth-order valence-corrected chi connectivity index (χ4v) is 2.99. The zero-order chi connectivity index (χ0) is 13.8. The van der Waals surface area contributed by atoms with Gasteiger partial charge in [-0.2, -0.15) is 11.8 Å². The highest BCUT2D eigenvalue weighted by Crippen LogP contribution is 2.25. The van der Waals surface area contributed by atoms with Crippen molar-refractivity contribution in [2.45, 2.75) is 25.0 Å². The molecule has 1 heterocycles. The minimum atomic E-state index is 0. The summed E-state index contributed by atoms with van der Waals surface area (Å²) in [4.78, 5) is 4.62. The van der Waals surface area contributed by atoms with Crippen LogP contribution >= 0.6 is 35.7 Å². The van der Waals surface area contributed by atoms with E-state index in [4.69, 9.17) is 9.47 Å². The van der Waals surface area contributed by atoms with Gasteiger partial charge in [0, 0.05) is 25.4 Å². The fraction of sp³-hybridized carbons (Fsp3) is 0.923. The smallest absolute Gasteiger partial charge is 0.191 e. The molecule has 7 heteroatoms. The number of nitrogens with zero attached hydrogens (tertiary/aromatic N) is 1. The summed E-state index contributed by atoms with van der Waals surface area (Å²) in [6, 6.07) is 0. The van der Waals surface area contributed by atoms with E-state index >= 15 is 0 Å². The average molecular weight is 417 g/mol. The summed E-state index contributed by atoms with van der Waals surface area (Å²) in [7, 11) is 1.68. The number of guanidine groups is 1. The highest BCUT2D eigenvalue weighted by atomic mass is 127. The van der Waals surface area contributed by atoms with Crippen molar-refractivity contribution in [1.29, 1.82) is 0 Å². The first kappa shape index (κ1) is 20.3. The molecule has 0 spiro atoms. The van der Waals surface area contributed by atoms with Crippen LogP contribution in [0.4, 0.5) is 0 Å². The maximum atomic E-state index is 5.41. The van der Waals surface area contributed by atoms with Crippen LogP contribution in [0.25, 0.3) is 0 Å². The minimum Gasteiger partial charge on any atom is -0.382 e. The first-order chi connectivity index (χ1) is 9.36. The topological polar surface area (TPSA) is 54.9 Å². The molecule has 1 rings (SSSR count). The number of rotatable bonds is 9. The Hall–Kier alpha value is 0.270. The van der Waals surface area contributed by atoms with E-state index in [1.54, 1.807) is 7.11 Å². The number of hydrogen-bond acceptors (Lipinski definition) is 4. The number of aliphatic imine (C=N–C) groups is 1. The lowest BCUT2D eigenvalue weighted by Gasteiger charge is -2.12. The van der Waals surface area contributed by atoms with Gasteiger partial charge in [0.15, 0.2) is 5.96 Å². The molecular formula is C13H28IN3O2S. The van der Waals surface area contributed by atoms with Crippen LogP contribution in [0.15, 0.2) is 4.99 Å². The lowest BCUT2D eigenvalue weighted by Crippen LogP contribution is -2.39. The van der Waals surface area contributed by atoms with Gasteiger partial charge in [-0.15, -0.1) is 24.0 Å². The van der Waals surface area contributed by atoms with Crippen molar-refractivity contribution < 1.29 is 9.47 Å². The Morgan fingerprint density at radius 3 is 2.80 bits per heavy atom. The lowest BCUT2D eigenvalue weighted by molar-refractivity contribution is 0.0733. The third-order valence-electron chi connectivity index (χ3n) is 2.79. The number of nitrogens with one attached hydrogen (secondary N) is 2. The molecule has 1 unspecified atom stereocenters. The number of ether oxygens (including phenoxy) is 2. The summed E-state index contributed by atoms with van der Waals surface area (Å²) in [5.74, 6) is 2.18. The van der Waals surface area contributed by atoms with Crippen molar-refractivity contribution in [3.8, 4) is 0 Å². The Labute approximate surface area is 144 Å². The second kappa shape index (κ2) is 14.2. The molecular weight excluding hydrogens is 389 g/mol. The van der Waals surface area contributed by atoms with Gasteiger partial charge in [-0.05, 0) is 25.5 Å². The predicted octanol–water partition coefficient (Wildman–Crippen LogP) is 1.72. The molecule has 1 saturated heterocycles. The lowest BCUT2D eigenvalue weighted by atomic mass is 10.2. The number of thioether (sulfide) groups is 1. The number of methoxy groups -OCH3 is 1. The van der Waals surface area contributed by atoms with E-state index in [0.29, 0.717) is 25.1 Å². The van der Waals surface area contributed by atoms with Crippen LogP contribution in [0, 0.1) is 0 Å². The van der Waals surface area contributed by atoms with Gasteiger partial charge in [0.05, 0.1) is 26.4 Å². The zero-order valence-electron chi connectivity index (χ0n) is 12.5. The summed E-state index contributed by atoms with van der Waals surface area (Å²) in [5, 5.41) is 7.25. The standard InChI is InChI=1S/C13H27N3O2S.HI/c1-3-14-13(15-6-7-18-9-8-17-2)16-11-12-5-4-10-19-12;/h12H,3-11H2,1-2H3,(H2,14,15,16);1H. The number of halogens is 1. The van der Waals surface area contributed by atoms with E-state index in [1.165, 1.54) is 18.6 Å². The molecule has 0 aliphatic carbocycles. The fourth-order valence-electron chi connectivity index (χ4n) is 1.81. The predicted molar refractivity (Wildman–Crippen MR) is 97.6 cm³/mol. The molecule has 0 aromatic rings. The Morgan fingerprint density at radius 1 is 1.30 bits per heavy atom. The summed E-state index contributed by atoms with van der Waals surface area (Å²) < 4.78 is 10.3. The van der Waals surface area contributed by atoms with E-state index in [0.717, 1.165) is 25.6 Å². The largest absolute Gasteiger partial charge is 0.382 e. The van der Waals surface area contributed by atoms with Gasteiger partial charge < -0.3 is 20.1 Å².